The number of Topliss-reactive ketones (excluding diaryl/α,β-unsaturated/α-hetero) is 6. The molecular formula is C22H27O8Zn2-. The summed E-state index contributed by atoms with van der Waals surface area (Å²) in [5.74, 6) is -2.00. The number of benzene rings is 1. The molecule has 0 spiro atoms. The van der Waals surface area contributed by atoms with Crippen LogP contribution >= 0.6 is 0 Å². The van der Waals surface area contributed by atoms with E-state index in [9.17, 15) is 33.6 Å². The molecule has 0 aromatic heterocycles. The Labute approximate surface area is 214 Å². The first kappa shape index (κ1) is 40.0. The molecule has 0 heterocycles. The number of ketones is 6. The van der Waals surface area contributed by atoms with E-state index in [4.69, 9.17) is 5.11 Å². The molecule has 0 aliphatic rings. The molecule has 0 bridgehead atoms. The molecule has 0 atom stereocenters. The monoisotopic (exact) mass is 547 g/mol. The molecular weight excluding hydrogens is 523 g/mol. The predicted molar refractivity (Wildman–Crippen MR) is 110 cm³/mol. The van der Waals surface area contributed by atoms with Crippen LogP contribution in [0.4, 0.5) is 0 Å². The Balaban J connectivity index is -0.000000100. The van der Waals surface area contributed by atoms with Crippen LogP contribution in [-0.4, -0.2) is 45.8 Å². The molecule has 0 fully saturated rings. The van der Waals surface area contributed by atoms with Crippen molar-refractivity contribution in [3.8, 4) is 0 Å². The normalized spacial score (nSPS) is 7.56. The van der Waals surface area contributed by atoms with Crippen LogP contribution in [0.15, 0.2) is 30.3 Å². The van der Waals surface area contributed by atoms with Crippen LogP contribution in [0.25, 0.3) is 0 Å². The van der Waals surface area contributed by atoms with Gasteiger partial charge in [-0.3, -0.25) is 19.3 Å². The van der Waals surface area contributed by atoms with E-state index in [1.807, 2.05) is 0 Å². The van der Waals surface area contributed by atoms with E-state index in [-0.39, 0.29) is 73.7 Å². The van der Waals surface area contributed by atoms with Crippen molar-refractivity contribution in [1.82, 2.24) is 0 Å². The van der Waals surface area contributed by atoms with Crippen molar-refractivity contribution in [1.29, 1.82) is 0 Å². The Bertz CT molecular complexity index is 646. The number of hydrogen-bond acceptors (Lipinski definition) is 7. The molecule has 1 aromatic rings. The van der Waals surface area contributed by atoms with Gasteiger partial charge in [0, 0.05) is 54.2 Å². The van der Waals surface area contributed by atoms with Crippen molar-refractivity contribution in [2.45, 2.75) is 41.5 Å². The van der Waals surface area contributed by atoms with E-state index >= 15 is 0 Å². The van der Waals surface area contributed by atoms with E-state index in [0.29, 0.717) is 5.56 Å². The first-order valence-electron chi connectivity index (χ1n) is 8.55. The quantitative estimate of drug-likeness (QED) is 0.311. The minimum atomic E-state index is -0.879. The number of rotatable bonds is 7. The Morgan fingerprint density at radius 2 is 0.781 bits per heavy atom. The number of carbonyl (C=O) groups is 7. The SMILES string of the molecule is CC(=O)[CH-]C(C)=O.CC(=O)[CH-]C(C)=O.CC(=O)[CH-]C(C)=O.O=C(O)c1ccccc1.[Zn+2].[Zn]. The summed E-state index contributed by atoms with van der Waals surface area (Å²) in [5, 5.41) is 8.38. The summed E-state index contributed by atoms with van der Waals surface area (Å²) in [6, 6.07) is 8.30. The van der Waals surface area contributed by atoms with Crippen molar-refractivity contribution in [2.24, 2.45) is 0 Å². The van der Waals surface area contributed by atoms with Gasteiger partial charge in [0.25, 0.3) is 0 Å². The Hall–Kier alpha value is -2.43. The van der Waals surface area contributed by atoms with Gasteiger partial charge < -0.3 is 33.9 Å². The van der Waals surface area contributed by atoms with Crippen molar-refractivity contribution in [2.75, 3.05) is 0 Å². The fourth-order valence-electron chi connectivity index (χ4n) is 1.44. The number of aromatic carboxylic acids is 1. The third-order valence-corrected chi connectivity index (χ3v) is 2.24. The van der Waals surface area contributed by atoms with Gasteiger partial charge in [-0.25, -0.2) is 4.79 Å². The van der Waals surface area contributed by atoms with Crippen LogP contribution in [0.3, 0.4) is 0 Å². The van der Waals surface area contributed by atoms with Crippen molar-refractivity contribution in [3.63, 3.8) is 0 Å². The van der Waals surface area contributed by atoms with Crippen LogP contribution < -0.4 is 0 Å². The predicted octanol–water partition coefficient (Wildman–Crippen LogP) is 2.49. The molecule has 8 nitrogen and oxygen atoms in total. The molecule has 168 valence electrons. The maximum Gasteiger partial charge on any atom is 2.00 e. The van der Waals surface area contributed by atoms with Crippen molar-refractivity contribution < 1.29 is 77.6 Å². The summed E-state index contributed by atoms with van der Waals surface area (Å²) in [6.07, 6.45) is 3.17. The van der Waals surface area contributed by atoms with Gasteiger partial charge >= 0.3 is 25.4 Å². The molecule has 0 saturated carbocycles. The first-order chi connectivity index (χ1) is 13.7. The van der Waals surface area contributed by atoms with Gasteiger partial charge in [-0.2, -0.15) is 0 Å². The zero-order chi connectivity index (χ0) is 24.3. The van der Waals surface area contributed by atoms with E-state index in [1.165, 1.54) is 41.5 Å². The van der Waals surface area contributed by atoms with E-state index in [1.54, 1.807) is 30.3 Å². The Morgan fingerprint density at radius 3 is 0.875 bits per heavy atom. The van der Waals surface area contributed by atoms with Crippen molar-refractivity contribution in [3.05, 3.63) is 55.2 Å². The number of carbonyl (C=O) groups excluding carboxylic acids is 6. The largest absolute Gasteiger partial charge is 2.00 e. The second-order valence-electron chi connectivity index (χ2n) is 5.77. The molecule has 0 saturated heterocycles. The number of carboxylic acids is 1. The average molecular weight is 550 g/mol. The summed E-state index contributed by atoms with van der Waals surface area (Å²) in [5.41, 5.74) is 0.331. The van der Waals surface area contributed by atoms with Crippen LogP contribution in [0.1, 0.15) is 51.9 Å². The van der Waals surface area contributed by atoms with Crippen LogP contribution in [0.5, 0.6) is 0 Å². The second-order valence-corrected chi connectivity index (χ2v) is 5.77. The smallest absolute Gasteiger partial charge is 0.478 e. The fourth-order valence-corrected chi connectivity index (χ4v) is 1.44. The summed E-state index contributed by atoms with van der Waals surface area (Å²) in [6.45, 7) is 8.09. The molecule has 32 heavy (non-hydrogen) atoms. The number of hydrogen-bond donors (Lipinski definition) is 1. The summed E-state index contributed by atoms with van der Waals surface area (Å²) < 4.78 is 0. The molecule has 0 radical (unpaired) electrons. The third kappa shape index (κ3) is 41.8. The number of carboxylic acid groups (broad SMARTS) is 1. The summed E-state index contributed by atoms with van der Waals surface area (Å²) in [4.78, 5) is 70.1. The molecule has 1 N–H and O–H groups in total. The van der Waals surface area contributed by atoms with E-state index < -0.39 is 5.97 Å². The van der Waals surface area contributed by atoms with Crippen molar-refractivity contribution >= 4 is 40.7 Å². The van der Waals surface area contributed by atoms with Crippen LogP contribution in [0.2, 0.25) is 0 Å². The zero-order valence-electron chi connectivity index (χ0n) is 19.3. The first-order valence-corrected chi connectivity index (χ1v) is 8.55. The molecule has 1 rings (SSSR count). The summed E-state index contributed by atoms with van der Waals surface area (Å²) in [7, 11) is 0. The van der Waals surface area contributed by atoms with Gasteiger partial charge in [-0.05, 0) is 53.7 Å². The summed E-state index contributed by atoms with van der Waals surface area (Å²) >= 11 is 0. The van der Waals surface area contributed by atoms with Gasteiger partial charge in [0.05, 0.1) is 5.56 Å². The molecule has 1 aromatic carbocycles. The van der Waals surface area contributed by atoms with Gasteiger partial charge in [0.15, 0.2) is 0 Å². The fraction of sp³-hybridized carbons (Fsp3) is 0.273. The topological polar surface area (TPSA) is 140 Å². The van der Waals surface area contributed by atoms with E-state index in [2.05, 4.69) is 0 Å². The van der Waals surface area contributed by atoms with Gasteiger partial charge in [0.2, 0.25) is 0 Å². The van der Waals surface area contributed by atoms with E-state index in [0.717, 1.165) is 19.3 Å². The average Bonchev–Trinajstić information content (AvgIpc) is 2.53. The van der Waals surface area contributed by atoms with Gasteiger partial charge in [-0.15, -0.1) is 0 Å². The minimum absolute atomic E-state index is 0. The molecule has 0 aliphatic heterocycles. The third-order valence-electron chi connectivity index (χ3n) is 2.24. The Morgan fingerprint density at radius 1 is 0.562 bits per heavy atom. The van der Waals surface area contributed by atoms with Gasteiger partial charge in [0.1, 0.15) is 0 Å². The second kappa shape index (κ2) is 24.8. The molecule has 0 amide bonds. The zero-order valence-corrected chi connectivity index (χ0v) is 25.3. The van der Waals surface area contributed by atoms with Crippen LogP contribution in [-0.2, 0) is 67.7 Å². The molecule has 0 unspecified atom stereocenters. The Kier molecular flexibility index (Phi) is 31.0. The minimum Gasteiger partial charge on any atom is -0.478 e. The van der Waals surface area contributed by atoms with Crippen LogP contribution in [0, 0.1) is 19.3 Å². The maximum absolute atomic E-state index is 10.2. The molecule has 0 aliphatic carbocycles. The standard InChI is InChI=1S/C7H6O2.3C5H7O2.2Zn/c8-7(9)6-4-2-1-3-5-6;3*1-4(6)3-5(2)7;;/h1-5H,(H,8,9);3*3H,1-2H3;;/q;3*-1;;+2. The maximum atomic E-state index is 10.2. The van der Waals surface area contributed by atoms with Gasteiger partial charge in [-0.1, -0.05) is 18.2 Å². The molecule has 10 heteroatoms.